The fourth-order valence-corrected chi connectivity index (χ4v) is 2.35. The van der Waals surface area contributed by atoms with Crippen molar-refractivity contribution in [2.75, 3.05) is 12.4 Å². The standard InChI is InChI=1S/C14H15N3O4S/c1-6-4-8(5-7(2)10(6)21-3)11(18)15-9-12(19)16-14(22)17-13(9)20/h4-5H,1-3H3,(H,15,18)(H3,16,17,19,20,22)/p-1. The second-order valence-electron chi connectivity index (χ2n) is 4.71. The summed E-state index contributed by atoms with van der Waals surface area (Å²) >= 11 is 4.68. The summed E-state index contributed by atoms with van der Waals surface area (Å²) in [4.78, 5) is 28.4. The van der Waals surface area contributed by atoms with Crippen molar-refractivity contribution in [1.82, 2.24) is 9.97 Å². The highest BCUT2D eigenvalue weighted by molar-refractivity contribution is 7.71. The first-order valence-electron chi connectivity index (χ1n) is 6.33. The smallest absolute Gasteiger partial charge is 0.274 e. The highest BCUT2D eigenvalue weighted by Gasteiger charge is 2.13. The van der Waals surface area contributed by atoms with Gasteiger partial charge in [0.2, 0.25) is 0 Å². The molecule has 0 saturated carbocycles. The molecule has 8 heteroatoms. The molecule has 0 aliphatic heterocycles. The summed E-state index contributed by atoms with van der Waals surface area (Å²) in [5.74, 6) is -0.631. The predicted octanol–water partition coefficient (Wildman–Crippen LogP) is 1.38. The van der Waals surface area contributed by atoms with Crippen LogP contribution in [0.1, 0.15) is 21.5 Å². The number of aromatic nitrogens is 2. The molecule has 2 aromatic rings. The van der Waals surface area contributed by atoms with Crippen LogP contribution < -0.4 is 20.7 Å². The highest BCUT2D eigenvalue weighted by Crippen LogP contribution is 2.24. The van der Waals surface area contributed by atoms with Gasteiger partial charge in [-0.25, -0.2) is 0 Å². The molecule has 2 rings (SSSR count). The average Bonchev–Trinajstić information content (AvgIpc) is 2.42. The third kappa shape index (κ3) is 3.01. The van der Waals surface area contributed by atoms with Crippen LogP contribution in [-0.4, -0.2) is 23.0 Å². The summed E-state index contributed by atoms with van der Waals surface area (Å²) in [6.45, 7) is 3.60. The molecule has 0 radical (unpaired) electrons. The Hall–Kier alpha value is -2.61. The topological polar surface area (TPSA) is 110 Å². The average molecular weight is 320 g/mol. The summed E-state index contributed by atoms with van der Waals surface area (Å²) in [5.41, 5.74) is 0.721. The largest absolute Gasteiger partial charge is 0.859 e. The van der Waals surface area contributed by atoms with E-state index in [-0.39, 0.29) is 4.77 Å². The van der Waals surface area contributed by atoms with Gasteiger partial charge in [0.1, 0.15) is 11.4 Å². The van der Waals surface area contributed by atoms with E-state index in [4.69, 9.17) is 4.74 Å². The van der Waals surface area contributed by atoms with Crippen molar-refractivity contribution in [2.24, 2.45) is 0 Å². The van der Waals surface area contributed by atoms with Crippen LogP contribution in [0.25, 0.3) is 0 Å². The van der Waals surface area contributed by atoms with Crippen molar-refractivity contribution >= 4 is 23.8 Å². The molecule has 0 saturated heterocycles. The monoisotopic (exact) mass is 320 g/mol. The number of hydrogen-bond acceptors (Lipinski definition) is 5. The van der Waals surface area contributed by atoms with Crippen LogP contribution in [0.4, 0.5) is 5.69 Å². The first-order valence-corrected chi connectivity index (χ1v) is 6.74. The molecule has 0 fully saturated rings. The zero-order valence-electron chi connectivity index (χ0n) is 12.2. The van der Waals surface area contributed by atoms with E-state index >= 15 is 0 Å². The van der Waals surface area contributed by atoms with Gasteiger partial charge in [0.25, 0.3) is 11.5 Å². The molecule has 7 nitrogen and oxygen atoms in total. The van der Waals surface area contributed by atoms with E-state index < -0.39 is 23.0 Å². The van der Waals surface area contributed by atoms with Crippen molar-refractivity contribution in [3.8, 4) is 11.6 Å². The van der Waals surface area contributed by atoms with Gasteiger partial charge in [0.05, 0.1) is 7.11 Å². The van der Waals surface area contributed by atoms with Gasteiger partial charge in [-0.05, 0) is 55.2 Å². The third-order valence-electron chi connectivity index (χ3n) is 3.07. The van der Waals surface area contributed by atoms with E-state index in [2.05, 4.69) is 27.5 Å². The van der Waals surface area contributed by atoms with E-state index in [0.29, 0.717) is 11.3 Å². The Balaban J connectivity index is 2.39. The number of anilines is 1. The van der Waals surface area contributed by atoms with Gasteiger partial charge in [0, 0.05) is 5.56 Å². The molecule has 0 aliphatic rings. The van der Waals surface area contributed by atoms with Gasteiger partial charge in [-0.1, -0.05) is 0 Å². The minimum atomic E-state index is -0.746. The number of methoxy groups -OCH3 is 1. The number of ether oxygens (including phenoxy) is 1. The molecule has 0 unspecified atom stereocenters. The summed E-state index contributed by atoms with van der Waals surface area (Å²) in [5, 5.41) is 14.0. The molecular formula is C14H14N3O4S-. The predicted molar refractivity (Wildman–Crippen MR) is 82.1 cm³/mol. The Morgan fingerprint density at radius 3 is 2.36 bits per heavy atom. The van der Waals surface area contributed by atoms with Crippen molar-refractivity contribution in [2.45, 2.75) is 13.8 Å². The lowest BCUT2D eigenvalue weighted by atomic mass is 10.1. The molecule has 1 amide bonds. The van der Waals surface area contributed by atoms with Gasteiger partial charge < -0.3 is 20.1 Å². The maximum Gasteiger partial charge on any atom is 0.274 e. The second-order valence-corrected chi connectivity index (χ2v) is 5.12. The van der Waals surface area contributed by atoms with Crippen LogP contribution in [0.5, 0.6) is 11.6 Å². The van der Waals surface area contributed by atoms with E-state index in [1.165, 1.54) is 0 Å². The number of aryl methyl sites for hydroxylation is 2. The number of carbonyl (C=O) groups excluding carboxylic acids is 1. The number of aromatic amines is 2. The minimum absolute atomic E-state index is 0.0934. The first kappa shape index (κ1) is 15.8. The fourth-order valence-electron chi connectivity index (χ4n) is 2.17. The SMILES string of the molecule is COc1c(C)cc(C(=O)Nc2c([O-])[nH]c(=S)[nH]c2=O)cc1C. The molecule has 3 N–H and O–H groups in total. The van der Waals surface area contributed by atoms with Crippen molar-refractivity contribution in [3.63, 3.8) is 0 Å². The molecule has 0 spiro atoms. The normalized spacial score (nSPS) is 10.3. The molecule has 22 heavy (non-hydrogen) atoms. The number of nitrogens with one attached hydrogen (secondary N) is 3. The summed E-state index contributed by atoms with van der Waals surface area (Å²) < 4.78 is 5.13. The number of rotatable bonds is 3. The number of H-pyrrole nitrogens is 2. The molecular weight excluding hydrogens is 306 g/mol. The molecule has 116 valence electrons. The molecule has 0 aliphatic carbocycles. The van der Waals surface area contributed by atoms with Crippen LogP contribution in [0.15, 0.2) is 16.9 Å². The Bertz CT molecular complexity index is 831. The molecule has 0 bridgehead atoms. The number of carbonyl (C=O) groups is 1. The Labute approximate surface area is 131 Å². The van der Waals surface area contributed by atoms with Gasteiger partial charge in [-0.3, -0.25) is 14.6 Å². The number of hydrogen-bond donors (Lipinski definition) is 3. The van der Waals surface area contributed by atoms with Crippen LogP contribution in [-0.2, 0) is 0 Å². The Kier molecular flexibility index (Phi) is 4.32. The highest BCUT2D eigenvalue weighted by atomic mass is 32.1. The Morgan fingerprint density at radius 2 is 1.86 bits per heavy atom. The van der Waals surface area contributed by atoms with Crippen LogP contribution in [0.3, 0.4) is 0 Å². The van der Waals surface area contributed by atoms with Gasteiger partial charge in [0.15, 0.2) is 4.77 Å². The van der Waals surface area contributed by atoms with Crippen LogP contribution in [0, 0.1) is 18.6 Å². The summed E-state index contributed by atoms with van der Waals surface area (Å²) in [6.07, 6.45) is 0. The minimum Gasteiger partial charge on any atom is -0.859 e. The molecule has 1 heterocycles. The number of benzene rings is 1. The second kappa shape index (κ2) is 6.02. The summed E-state index contributed by atoms with van der Waals surface area (Å²) in [7, 11) is 1.55. The van der Waals surface area contributed by atoms with E-state index in [9.17, 15) is 14.7 Å². The maximum atomic E-state index is 12.2. The maximum absolute atomic E-state index is 12.2. The number of amides is 1. The lowest BCUT2D eigenvalue weighted by Gasteiger charge is -2.14. The first-order chi connectivity index (χ1) is 10.3. The zero-order chi connectivity index (χ0) is 16.4. The van der Waals surface area contributed by atoms with Gasteiger partial charge in [-0.15, -0.1) is 0 Å². The van der Waals surface area contributed by atoms with Crippen molar-refractivity contribution in [1.29, 1.82) is 0 Å². The van der Waals surface area contributed by atoms with Crippen LogP contribution in [0.2, 0.25) is 0 Å². The van der Waals surface area contributed by atoms with Crippen molar-refractivity contribution < 1.29 is 14.6 Å². The van der Waals surface area contributed by atoms with Crippen molar-refractivity contribution in [3.05, 3.63) is 43.9 Å². The van der Waals surface area contributed by atoms with Crippen LogP contribution >= 0.6 is 12.2 Å². The molecule has 1 aromatic heterocycles. The Morgan fingerprint density at radius 1 is 1.27 bits per heavy atom. The van der Waals surface area contributed by atoms with E-state index in [1.54, 1.807) is 33.1 Å². The lowest BCUT2D eigenvalue weighted by molar-refractivity contribution is -0.273. The third-order valence-corrected chi connectivity index (χ3v) is 3.28. The molecule has 0 atom stereocenters. The fraction of sp³-hybridized carbons (Fsp3) is 0.214. The van der Waals surface area contributed by atoms with E-state index in [0.717, 1.165) is 11.1 Å². The van der Waals surface area contributed by atoms with Gasteiger partial charge >= 0.3 is 0 Å². The zero-order valence-corrected chi connectivity index (χ0v) is 13.0. The van der Waals surface area contributed by atoms with E-state index in [1.807, 2.05) is 0 Å². The summed E-state index contributed by atoms with van der Waals surface area (Å²) in [6, 6.07) is 3.23. The molecule has 1 aromatic carbocycles. The van der Waals surface area contributed by atoms with Gasteiger partial charge in [-0.2, -0.15) is 0 Å². The lowest BCUT2D eigenvalue weighted by Crippen LogP contribution is -2.23. The quantitative estimate of drug-likeness (QED) is 0.740.